The SMILES string of the molecule is CCC(Br)Cc1ccc(NC(=O)C2CC2)cc1. The Labute approximate surface area is 111 Å². The van der Waals surface area contributed by atoms with Crippen molar-refractivity contribution in [2.24, 2.45) is 5.92 Å². The van der Waals surface area contributed by atoms with Gasteiger partial charge in [0.1, 0.15) is 0 Å². The van der Waals surface area contributed by atoms with Gasteiger partial charge in [-0.2, -0.15) is 0 Å². The van der Waals surface area contributed by atoms with Crippen molar-refractivity contribution in [3.63, 3.8) is 0 Å². The average Bonchev–Trinajstić information content (AvgIpc) is 3.15. The Kier molecular flexibility index (Phi) is 4.21. The molecule has 0 radical (unpaired) electrons. The molecule has 0 aromatic heterocycles. The lowest BCUT2D eigenvalue weighted by Crippen LogP contribution is -2.13. The van der Waals surface area contributed by atoms with Gasteiger partial charge in [-0.05, 0) is 43.4 Å². The quantitative estimate of drug-likeness (QED) is 0.824. The second kappa shape index (κ2) is 5.67. The molecule has 1 N–H and O–H groups in total. The summed E-state index contributed by atoms with van der Waals surface area (Å²) in [5.41, 5.74) is 2.21. The zero-order valence-corrected chi connectivity index (χ0v) is 11.7. The topological polar surface area (TPSA) is 29.1 Å². The molecule has 3 heteroatoms. The van der Waals surface area contributed by atoms with E-state index in [-0.39, 0.29) is 11.8 Å². The second-order valence-electron chi connectivity index (χ2n) is 4.67. The van der Waals surface area contributed by atoms with Crippen LogP contribution < -0.4 is 5.32 Å². The molecule has 92 valence electrons. The van der Waals surface area contributed by atoms with E-state index in [9.17, 15) is 4.79 Å². The molecule has 1 aromatic rings. The molecule has 0 heterocycles. The summed E-state index contributed by atoms with van der Waals surface area (Å²) in [7, 11) is 0. The van der Waals surface area contributed by atoms with E-state index in [2.05, 4.69) is 40.3 Å². The van der Waals surface area contributed by atoms with Gasteiger partial charge in [0, 0.05) is 16.4 Å². The van der Waals surface area contributed by atoms with Crippen molar-refractivity contribution < 1.29 is 4.79 Å². The Morgan fingerprint density at radius 2 is 2.06 bits per heavy atom. The monoisotopic (exact) mass is 295 g/mol. The molecular weight excluding hydrogens is 278 g/mol. The molecule has 1 aliphatic rings. The summed E-state index contributed by atoms with van der Waals surface area (Å²) in [6.45, 7) is 2.17. The minimum absolute atomic E-state index is 0.171. The lowest BCUT2D eigenvalue weighted by molar-refractivity contribution is -0.117. The highest BCUT2D eigenvalue weighted by Crippen LogP contribution is 2.30. The average molecular weight is 296 g/mol. The van der Waals surface area contributed by atoms with Gasteiger partial charge in [0.15, 0.2) is 0 Å². The lowest BCUT2D eigenvalue weighted by atomic mass is 10.1. The van der Waals surface area contributed by atoms with Crippen molar-refractivity contribution >= 4 is 27.5 Å². The Hall–Kier alpha value is -0.830. The van der Waals surface area contributed by atoms with Crippen LogP contribution in [0.25, 0.3) is 0 Å². The number of rotatable bonds is 5. The molecule has 0 saturated heterocycles. The maximum atomic E-state index is 11.6. The van der Waals surface area contributed by atoms with Crippen LogP contribution in [0.5, 0.6) is 0 Å². The number of halogens is 1. The van der Waals surface area contributed by atoms with E-state index in [0.29, 0.717) is 4.83 Å². The standard InChI is InChI=1S/C14H18BrNO/c1-2-12(15)9-10-3-7-13(8-4-10)16-14(17)11-5-6-11/h3-4,7-8,11-12H,2,5-6,9H2,1H3,(H,16,17). The maximum Gasteiger partial charge on any atom is 0.227 e. The highest BCUT2D eigenvalue weighted by atomic mass is 79.9. The van der Waals surface area contributed by atoms with Crippen molar-refractivity contribution in [2.75, 3.05) is 5.32 Å². The van der Waals surface area contributed by atoms with Crippen molar-refractivity contribution in [3.05, 3.63) is 29.8 Å². The molecule has 1 atom stereocenters. The molecule has 1 aliphatic carbocycles. The first-order chi connectivity index (χ1) is 8.19. The van der Waals surface area contributed by atoms with E-state index < -0.39 is 0 Å². The fourth-order valence-corrected chi connectivity index (χ4v) is 2.09. The van der Waals surface area contributed by atoms with E-state index in [4.69, 9.17) is 0 Å². The first kappa shape index (κ1) is 12.6. The van der Waals surface area contributed by atoms with E-state index >= 15 is 0 Å². The summed E-state index contributed by atoms with van der Waals surface area (Å²) in [5, 5.41) is 2.95. The van der Waals surface area contributed by atoms with Crippen LogP contribution >= 0.6 is 15.9 Å². The summed E-state index contributed by atoms with van der Waals surface area (Å²) in [6.07, 6.45) is 4.25. The molecule has 1 unspecified atom stereocenters. The summed E-state index contributed by atoms with van der Waals surface area (Å²) >= 11 is 3.63. The minimum Gasteiger partial charge on any atom is -0.326 e. The smallest absolute Gasteiger partial charge is 0.227 e. The third kappa shape index (κ3) is 3.84. The molecule has 1 amide bonds. The van der Waals surface area contributed by atoms with Crippen LogP contribution in [0, 0.1) is 5.92 Å². The molecule has 0 bridgehead atoms. The highest BCUT2D eigenvalue weighted by Gasteiger charge is 2.29. The lowest BCUT2D eigenvalue weighted by Gasteiger charge is -2.08. The minimum atomic E-state index is 0.171. The second-order valence-corrected chi connectivity index (χ2v) is 5.97. The Morgan fingerprint density at radius 3 is 2.59 bits per heavy atom. The van der Waals surface area contributed by atoms with E-state index in [1.807, 2.05) is 12.1 Å². The van der Waals surface area contributed by atoms with Crippen molar-refractivity contribution in [1.29, 1.82) is 0 Å². The summed E-state index contributed by atoms with van der Waals surface area (Å²) in [4.78, 5) is 12.1. The number of nitrogens with one attached hydrogen (secondary N) is 1. The third-order valence-electron chi connectivity index (χ3n) is 3.07. The van der Waals surface area contributed by atoms with Crippen LogP contribution in [-0.2, 0) is 11.2 Å². The van der Waals surface area contributed by atoms with Crippen LogP contribution in [0.1, 0.15) is 31.7 Å². The summed E-state index contributed by atoms with van der Waals surface area (Å²) in [6, 6.07) is 8.16. The molecule has 0 spiro atoms. The number of anilines is 1. The first-order valence-corrected chi connectivity index (χ1v) is 7.14. The van der Waals surface area contributed by atoms with Gasteiger partial charge in [-0.1, -0.05) is 35.0 Å². The van der Waals surface area contributed by atoms with Gasteiger partial charge in [0.05, 0.1) is 0 Å². The van der Waals surface area contributed by atoms with Gasteiger partial charge < -0.3 is 5.32 Å². The van der Waals surface area contributed by atoms with Crippen molar-refractivity contribution in [2.45, 2.75) is 37.4 Å². The zero-order chi connectivity index (χ0) is 12.3. The number of hydrogen-bond acceptors (Lipinski definition) is 1. The van der Waals surface area contributed by atoms with Gasteiger partial charge in [0.25, 0.3) is 0 Å². The van der Waals surface area contributed by atoms with Gasteiger partial charge in [-0.25, -0.2) is 0 Å². The van der Waals surface area contributed by atoms with Crippen molar-refractivity contribution in [1.82, 2.24) is 0 Å². The molecule has 1 aromatic carbocycles. The Balaban J connectivity index is 1.90. The predicted octanol–water partition coefficient (Wildman–Crippen LogP) is 3.75. The largest absolute Gasteiger partial charge is 0.326 e. The molecule has 2 nitrogen and oxygen atoms in total. The van der Waals surface area contributed by atoms with E-state index in [1.54, 1.807) is 0 Å². The summed E-state index contributed by atoms with van der Waals surface area (Å²) in [5.74, 6) is 0.436. The highest BCUT2D eigenvalue weighted by molar-refractivity contribution is 9.09. The molecule has 1 fully saturated rings. The molecule has 17 heavy (non-hydrogen) atoms. The normalized spacial score (nSPS) is 16.6. The van der Waals surface area contributed by atoms with Gasteiger partial charge in [0.2, 0.25) is 5.91 Å². The number of amides is 1. The molecule has 2 rings (SSSR count). The summed E-state index contributed by atoms with van der Waals surface area (Å²) < 4.78 is 0. The van der Waals surface area contributed by atoms with Gasteiger partial charge in [-0.15, -0.1) is 0 Å². The van der Waals surface area contributed by atoms with E-state index in [1.165, 1.54) is 5.56 Å². The van der Waals surface area contributed by atoms with Crippen LogP contribution in [0.15, 0.2) is 24.3 Å². The molecule has 0 aliphatic heterocycles. The number of carbonyl (C=O) groups excluding carboxylic acids is 1. The zero-order valence-electron chi connectivity index (χ0n) is 10.1. The maximum absolute atomic E-state index is 11.6. The predicted molar refractivity (Wildman–Crippen MR) is 74.5 cm³/mol. The number of benzene rings is 1. The molecule has 1 saturated carbocycles. The van der Waals surface area contributed by atoms with Crippen LogP contribution in [0.3, 0.4) is 0 Å². The van der Waals surface area contributed by atoms with Gasteiger partial charge in [-0.3, -0.25) is 4.79 Å². The fourth-order valence-electron chi connectivity index (χ4n) is 1.71. The van der Waals surface area contributed by atoms with Crippen molar-refractivity contribution in [3.8, 4) is 0 Å². The fraction of sp³-hybridized carbons (Fsp3) is 0.500. The van der Waals surface area contributed by atoms with Crippen LogP contribution in [0.2, 0.25) is 0 Å². The number of hydrogen-bond donors (Lipinski definition) is 1. The number of carbonyl (C=O) groups is 1. The van der Waals surface area contributed by atoms with E-state index in [0.717, 1.165) is 31.4 Å². The van der Waals surface area contributed by atoms with Crippen LogP contribution in [-0.4, -0.2) is 10.7 Å². The molecular formula is C14H18BrNO. The number of alkyl halides is 1. The first-order valence-electron chi connectivity index (χ1n) is 6.23. The Morgan fingerprint density at radius 1 is 1.41 bits per heavy atom. The van der Waals surface area contributed by atoms with Crippen LogP contribution in [0.4, 0.5) is 5.69 Å². The third-order valence-corrected chi connectivity index (χ3v) is 4.04. The Bertz CT molecular complexity index is 384. The van der Waals surface area contributed by atoms with Gasteiger partial charge >= 0.3 is 0 Å².